The maximum absolute atomic E-state index is 13.0. The number of nitrogens with one attached hydrogen (secondary N) is 2. The van der Waals surface area contributed by atoms with Crippen molar-refractivity contribution in [1.82, 2.24) is 15.2 Å². The van der Waals surface area contributed by atoms with Gasteiger partial charge in [0.05, 0.1) is 4.90 Å². The Morgan fingerprint density at radius 1 is 1.16 bits per heavy atom. The van der Waals surface area contributed by atoms with Crippen LogP contribution in [0.1, 0.15) is 20.3 Å². The lowest BCUT2D eigenvalue weighted by atomic mass is 10.0. The number of rotatable bonds is 5. The van der Waals surface area contributed by atoms with Gasteiger partial charge in [-0.2, -0.15) is 4.31 Å². The van der Waals surface area contributed by atoms with Crippen LogP contribution in [0, 0.1) is 5.92 Å². The van der Waals surface area contributed by atoms with Gasteiger partial charge in [0.1, 0.15) is 0 Å². The Kier molecular flexibility index (Phi) is 5.08. The molecule has 1 fully saturated rings. The summed E-state index contributed by atoms with van der Waals surface area (Å²) in [5, 5.41) is 1.92. The summed E-state index contributed by atoms with van der Waals surface area (Å²) < 4.78 is 27.6. The van der Waals surface area contributed by atoms with Crippen LogP contribution in [0.3, 0.4) is 0 Å². The maximum atomic E-state index is 13.0. The van der Waals surface area contributed by atoms with E-state index in [4.69, 9.17) is 0 Å². The van der Waals surface area contributed by atoms with E-state index in [0.29, 0.717) is 18.0 Å². The van der Waals surface area contributed by atoms with Crippen molar-refractivity contribution in [1.29, 1.82) is 0 Å². The van der Waals surface area contributed by atoms with E-state index in [1.54, 1.807) is 12.1 Å². The lowest BCUT2D eigenvalue weighted by molar-refractivity contribution is -0.120. The van der Waals surface area contributed by atoms with E-state index in [1.165, 1.54) is 11.2 Å². The van der Waals surface area contributed by atoms with E-state index in [-0.39, 0.29) is 17.9 Å². The molecule has 1 amide bonds. The summed E-state index contributed by atoms with van der Waals surface area (Å²) >= 11 is 0. The van der Waals surface area contributed by atoms with Gasteiger partial charge in [-0.05, 0) is 28.8 Å². The van der Waals surface area contributed by atoms with E-state index in [9.17, 15) is 13.2 Å². The van der Waals surface area contributed by atoms with Gasteiger partial charge < -0.3 is 0 Å². The van der Waals surface area contributed by atoms with Crippen molar-refractivity contribution in [2.24, 2.45) is 5.92 Å². The molecular formula is C18H23N3O3S. The lowest BCUT2D eigenvalue weighted by Gasteiger charge is -2.18. The van der Waals surface area contributed by atoms with Gasteiger partial charge in [-0.3, -0.25) is 10.2 Å². The molecule has 7 heteroatoms. The minimum Gasteiger partial charge on any atom is -0.292 e. The predicted molar refractivity (Wildman–Crippen MR) is 97.2 cm³/mol. The van der Waals surface area contributed by atoms with Crippen molar-refractivity contribution < 1.29 is 13.2 Å². The standard InChI is InChI=1S/C18H23N3O3S/c1-3-14-11-21(12-18(14)20-19-13(2)22)25(23,24)17-9-8-15-6-4-5-7-16(15)10-17/h4-10,14,18,20H,3,11-12H2,1-2H3,(H,19,22)/t14-,18+/m1/s1. The molecule has 1 heterocycles. The summed E-state index contributed by atoms with van der Waals surface area (Å²) in [5.74, 6) is -0.0345. The van der Waals surface area contributed by atoms with E-state index in [1.807, 2.05) is 37.3 Å². The molecule has 0 aromatic heterocycles. The summed E-state index contributed by atoms with van der Waals surface area (Å²) in [4.78, 5) is 11.4. The van der Waals surface area contributed by atoms with Crippen molar-refractivity contribution in [2.45, 2.75) is 31.2 Å². The average molecular weight is 361 g/mol. The summed E-state index contributed by atoms with van der Waals surface area (Å²) in [6.45, 7) is 4.24. The summed E-state index contributed by atoms with van der Waals surface area (Å²) in [6.07, 6.45) is 0.834. The number of amides is 1. The Hall–Kier alpha value is -1.96. The zero-order valence-corrected chi connectivity index (χ0v) is 15.2. The maximum Gasteiger partial charge on any atom is 0.243 e. The Labute approximate surface area is 148 Å². The van der Waals surface area contributed by atoms with Gasteiger partial charge in [-0.1, -0.05) is 43.7 Å². The summed E-state index contributed by atoms with van der Waals surface area (Å²) in [7, 11) is -3.56. The van der Waals surface area contributed by atoms with Crippen LogP contribution in [-0.2, 0) is 14.8 Å². The smallest absolute Gasteiger partial charge is 0.243 e. The molecule has 0 radical (unpaired) electrons. The molecule has 134 valence electrons. The van der Waals surface area contributed by atoms with Crippen molar-refractivity contribution in [3.05, 3.63) is 42.5 Å². The molecule has 25 heavy (non-hydrogen) atoms. The molecule has 0 bridgehead atoms. The number of hydrogen-bond acceptors (Lipinski definition) is 4. The van der Waals surface area contributed by atoms with Crippen LogP contribution in [0.15, 0.2) is 47.4 Å². The molecule has 2 aromatic carbocycles. The second-order valence-corrected chi connectivity index (χ2v) is 8.37. The summed E-state index contributed by atoms with van der Waals surface area (Å²) in [6, 6.07) is 12.8. The number of nitrogens with zero attached hydrogens (tertiary/aromatic N) is 1. The van der Waals surface area contributed by atoms with Gasteiger partial charge in [-0.15, -0.1) is 0 Å². The Bertz CT molecular complexity index is 882. The van der Waals surface area contributed by atoms with Crippen LogP contribution in [0.5, 0.6) is 0 Å². The van der Waals surface area contributed by atoms with Crippen LogP contribution in [0.4, 0.5) is 0 Å². The number of carbonyl (C=O) groups excluding carboxylic acids is 1. The first kappa shape index (κ1) is 17.8. The SMILES string of the molecule is CC[C@@H]1CN(S(=O)(=O)c2ccc3ccccc3c2)C[C@@H]1NNC(C)=O. The molecule has 2 atom stereocenters. The van der Waals surface area contributed by atoms with E-state index in [0.717, 1.165) is 17.2 Å². The van der Waals surface area contributed by atoms with E-state index >= 15 is 0 Å². The first-order valence-corrected chi connectivity index (χ1v) is 9.87. The van der Waals surface area contributed by atoms with Crippen LogP contribution in [0.2, 0.25) is 0 Å². The molecule has 6 nitrogen and oxygen atoms in total. The predicted octanol–water partition coefficient (Wildman–Crippen LogP) is 1.88. The highest BCUT2D eigenvalue weighted by Gasteiger charge is 2.38. The average Bonchev–Trinajstić information content (AvgIpc) is 3.03. The van der Waals surface area contributed by atoms with Gasteiger partial charge in [-0.25, -0.2) is 13.8 Å². The molecule has 2 aromatic rings. The summed E-state index contributed by atoms with van der Waals surface area (Å²) in [5.41, 5.74) is 5.54. The van der Waals surface area contributed by atoms with E-state index in [2.05, 4.69) is 10.9 Å². The first-order valence-electron chi connectivity index (χ1n) is 8.43. The molecule has 1 aliphatic rings. The molecule has 1 saturated heterocycles. The second-order valence-electron chi connectivity index (χ2n) is 6.43. The minimum absolute atomic E-state index is 0.0934. The molecule has 0 saturated carbocycles. The Morgan fingerprint density at radius 3 is 2.56 bits per heavy atom. The largest absolute Gasteiger partial charge is 0.292 e. The topological polar surface area (TPSA) is 78.5 Å². The quantitative estimate of drug-likeness (QED) is 0.797. The molecular weight excluding hydrogens is 338 g/mol. The minimum atomic E-state index is -3.56. The fourth-order valence-electron chi connectivity index (χ4n) is 3.28. The third-order valence-electron chi connectivity index (χ3n) is 4.72. The van der Waals surface area contributed by atoms with Crippen molar-refractivity contribution in [3.63, 3.8) is 0 Å². The number of carbonyl (C=O) groups is 1. The number of fused-ring (bicyclic) bond motifs is 1. The highest BCUT2D eigenvalue weighted by Crippen LogP contribution is 2.28. The van der Waals surface area contributed by atoms with Crippen molar-refractivity contribution in [2.75, 3.05) is 13.1 Å². The fourth-order valence-corrected chi connectivity index (χ4v) is 4.84. The van der Waals surface area contributed by atoms with Crippen LogP contribution in [-0.4, -0.2) is 37.8 Å². The van der Waals surface area contributed by atoms with Gasteiger partial charge in [0, 0.05) is 26.1 Å². The monoisotopic (exact) mass is 361 g/mol. The van der Waals surface area contributed by atoms with Crippen LogP contribution in [0.25, 0.3) is 10.8 Å². The molecule has 1 aliphatic heterocycles. The fraction of sp³-hybridized carbons (Fsp3) is 0.389. The number of sulfonamides is 1. The van der Waals surface area contributed by atoms with Crippen LogP contribution >= 0.6 is 0 Å². The highest BCUT2D eigenvalue weighted by molar-refractivity contribution is 7.89. The molecule has 0 unspecified atom stereocenters. The normalized spacial score (nSPS) is 21.5. The van der Waals surface area contributed by atoms with Crippen molar-refractivity contribution >= 4 is 26.7 Å². The zero-order valence-electron chi connectivity index (χ0n) is 14.4. The van der Waals surface area contributed by atoms with Crippen LogP contribution < -0.4 is 10.9 Å². The van der Waals surface area contributed by atoms with Crippen molar-refractivity contribution in [3.8, 4) is 0 Å². The molecule has 2 N–H and O–H groups in total. The number of hydrazine groups is 1. The highest BCUT2D eigenvalue weighted by atomic mass is 32.2. The molecule has 3 rings (SSSR count). The number of benzene rings is 2. The molecule has 0 aliphatic carbocycles. The first-order chi connectivity index (χ1) is 11.9. The lowest BCUT2D eigenvalue weighted by Crippen LogP contribution is -2.47. The third-order valence-corrected chi connectivity index (χ3v) is 6.55. The Balaban J connectivity index is 1.84. The zero-order chi connectivity index (χ0) is 18.0. The van der Waals surface area contributed by atoms with Gasteiger partial charge in [0.2, 0.25) is 15.9 Å². The third kappa shape index (κ3) is 3.68. The Morgan fingerprint density at radius 2 is 1.88 bits per heavy atom. The van der Waals surface area contributed by atoms with E-state index < -0.39 is 10.0 Å². The second kappa shape index (κ2) is 7.11. The number of hydrogen-bond donors (Lipinski definition) is 2. The van der Waals surface area contributed by atoms with Gasteiger partial charge >= 0.3 is 0 Å². The van der Waals surface area contributed by atoms with Gasteiger partial charge in [0.25, 0.3) is 0 Å². The van der Waals surface area contributed by atoms with Gasteiger partial charge in [0.15, 0.2) is 0 Å². The molecule has 0 spiro atoms.